The van der Waals surface area contributed by atoms with E-state index >= 15 is 0 Å². The molecular weight excluding hydrogens is 192 g/mol. The van der Waals surface area contributed by atoms with Gasteiger partial charge >= 0.3 is 0 Å². The molecule has 5 nitrogen and oxygen atoms in total. The number of rotatable bonds is 5. The van der Waals surface area contributed by atoms with Gasteiger partial charge < -0.3 is 15.0 Å². The van der Waals surface area contributed by atoms with E-state index in [-0.39, 0.29) is 6.10 Å². The minimum absolute atomic E-state index is 0.0449. The SMILES string of the molecule is COC(C)c1nnc(CN)n1CC(C)C. The fourth-order valence-electron chi connectivity index (χ4n) is 1.47. The van der Waals surface area contributed by atoms with E-state index in [1.807, 2.05) is 6.92 Å². The van der Waals surface area contributed by atoms with Crippen molar-refractivity contribution in [2.24, 2.45) is 11.7 Å². The van der Waals surface area contributed by atoms with E-state index < -0.39 is 0 Å². The van der Waals surface area contributed by atoms with Crippen LogP contribution in [0.2, 0.25) is 0 Å². The van der Waals surface area contributed by atoms with E-state index in [2.05, 4.69) is 28.6 Å². The van der Waals surface area contributed by atoms with Crippen molar-refractivity contribution in [3.63, 3.8) is 0 Å². The molecule has 15 heavy (non-hydrogen) atoms. The van der Waals surface area contributed by atoms with Crippen molar-refractivity contribution in [3.05, 3.63) is 11.6 Å². The second-order valence-electron chi connectivity index (χ2n) is 4.06. The lowest BCUT2D eigenvalue weighted by Crippen LogP contribution is -2.16. The highest BCUT2D eigenvalue weighted by Gasteiger charge is 2.16. The molecule has 0 bridgehead atoms. The van der Waals surface area contributed by atoms with Gasteiger partial charge in [0.1, 0.15) is 11.9 Å². The molecule has 1 aromatic rings. The number of hydrogen-bond acceptors (Lipinski definition) is 4. The monoisotopic (exact) mass is 212 g/mol. The fourth-order valence-corrected chi connectivity index (χ4v) is 1.47. The summed E-state index contributed by atoms with van der Waals surface area (Å²) in [6.45, 7) is 7.56. The smallest absolute Gasteiger partial charge is 0.161 e. The molecule has 2 N–H and O–H groups in total. The quantitative estimate of drug-likeness (QED) is 0.793. The lowest BCUT2D eigenvalue weighted by atomic mass is 10.2. The molecule has 0 saturated carbocycles. The Morgan fingerprint density at radius 2 is 2.00 bits per heavy atom. The Bertz CT molecular complexity index is 308. The van der Waals surface area contributed by atoms with Crippen molar-refractivity contribution in [1.29, 1.82) is 0 Å². The van der Waals surface area contributed by atoms with E-state index in [4.69, 9.17) is 10.5 Å². The van der Waals surface area contributed by atoms with E-state index in [0.29, 0.717) is 12.5 Å². The first kappa shape index (κ1) is 12.1. The van der Waals surface area contributed by atoms with Gasteiger partial charge in [0.15, 0.2) is 5.82 Å². The lowest BCUT2D eigenvalue weighted by Gasteiger charge is -2.15. The average molecular weight is 212 g/mol. The normalized spacial score (nSPS) is 13.5. The van der Waals surface area contributed by atoms with Gasteiger partial charge in [0.05, 0.1) is 6.54 Å². The summed E-state index contributed by atoms with van der Waals surface area (Å²) in [5, 5.41) is 8.18. The summed E-state index contributed by atoms with van der Waals surface area (Å²) in [7, 11) is 1.67. The van der Waals surface area contributed by atoms with Crippen LogP contribution in [0.5, 0.6) is 0 Å². The summed E-state index contributed by atoms with van der Waals surface area (Å²) in [4.78, 5) is 0. The maximum absolute atomic E-state index is 5.62. The van der Waals surface area contributed by atoms with Gasteiger partial charge in [0, 0.05) is 13.7 Å². The van der Waals surface area contributed by atoms with Crippen LogP contribution < -0.4 is 5.73 Å². The van der Waals surface area contributed by atoms with Gasteiger partial charge in [-0.05, 0) is 12.8 Å². The molecule has 1 unspecified atom stereocenters. The molecule has 1 atom stereocenters. The molecule has 0 aliphatic rings. The highest BCUT2D eigenvalue weighted by atomic mass is 16.5. The summed E-state index contributed by atoms with van der Waals surface area (Å²) >= 11 is 0. The summed E-state index contributed by atoms with van der Waals surface area (Å²) in [5.74, 6) is 2.21. The number of aromatic nitrogens is 3. The van der Waals surface area contributed by atoms with Gasteiger partial charge in [-0.2, -0.15) is 0 Å². The maximum atomic E-state index is 5.62. The van der Waals surface area contributed by atoms with Gasteiger partial charge in [0.25, 0.3) is 0 Å². The summed E-state index contributed by atoms with van der Waals surface area (Å²) < 4.78 is 7.31. The Hall–Kier alpha value is -0.940. The van der Waals surface area contributed by atoms with Gasteiger partial charge in [-0.3, -0.25) is 0 Å². The van der Waals surface area contributed by atoms with Crippen molar-refractivity contribution in [2.75, 3.05) is 7.11 Å². The van der Waals surface area contributed by atoms with Crippen LogP contribution in [-0.2, 0) is 17.8 Å². The van der Waals surface area contributed by atoms with Crippen molar-refractivity contribution >= 4 is 0 Å². The third-order valence-electron chi connectivity index (χ3n) is 2.30. The molecule has 0 spiro atoms. The van der Waals surface area contributed by atoms with Crippen molar-refractivity contribution < 1.29 is 4.74 Å². The van der Waals surface area contributed by atoms with E-state index in [9.17, 15) is 0 Å². The molecule has 0 aliphatic carbocycles. The third kappa shape index (κ3) is 2.76. The van der Waals surface area contributed by atoms with E-state index in [1.54, 1.807) is 7.11 Å². The number of nitrogens with two attached hydrogens (primary N) is 1. The van der Waals surface area contributed by atoms with Crippen molar-refractivity contribution in [1.82, 2.24) is 14.8 Å². The molecule has 0 aliphatic heterocycles. The standard InChI is InChI=1S/C10H20N4O/c1-7(2)6-14-9(5-11)12-13-10(14)8(3)15-4/h7-8H,5-6,11H2,1-4H3. The number of nitrogens with zero attached hydrogens (tertiary/aromatic N) is 3. The molecule has 0 saturated heterocycles. The molecule has 0 radical (unpaired) electrons. The Morgan fingerprint density at radius 1 is 1.33 bits per heavy atom. The largest absolute Gasteiger partial charge is 0.374 e. The molecule has 0 fully saturated rings. The van der Waals surface area contributed by atoms with Crippen molar-refractivity contribution in [3.8, 4) is 0 Å². The van der Waals surface area contributed by atoms with Crippen LogP contribution in [0.15, 0.2) is 0 Å². The highest BCUT2D eigenvalue weighted by Crippen LogP contribution is 2.16. The average Bonchev–Trinajstić information content (AvgIpc) is 2.59. The zero-order valence-corrected chi connectivity index (χ0v) is 9.90. The molecule has 86 valence electrons. The van der Waals surface area contributed by atoms with Crippen LogP contribution in [-0.4, -0.2) is 21.9 Å². The lowest BCUT2D eigenvalue weighted by molar-refractivity contribution is 0.107. The summed E-state index contributed by atoms with van der Waals surface area (Å²) in [6, 6.07) is 0. The van der Waals surface area contributed by atoms with Crippen LogP contribution in [0.1, 0.15) is 38.5 Å². The first-order chi connectivity index (χ1) is 7.10. The topological polar surface area (TPSA) is 66.0 Å². The summed E-state index contributed by atoms with van der Waals surface area (Å²) in [5.41, 5.74) is 5.62. The molecule has 1 heterocycles. The minimum atomic E-state index is -0.0449. The number of ether oxygens (including phenoxy) is 1. The van der Waals surface area contributed by atoms with Gasteiger partial charge in [-0.25, -0.2) is 0 Å². The van der Waals surface area contributed by atoms with Crippen molar-refractivity contribution in [2.45, 2.75) is 40.0 Å². The van der Waals surface area contributed by atoms with Gasteiger partial charge in [-0.15, -0.1) is 10.2 Å². The Morgan fingerprint density at radius 3 is 2.47 bits per heavy atom. The minimum Gasteiger partial charge on any atom is -0.374 e. The zero-order valence-electron chi connectivity index (χ0n) is 9.90. The Labute approximate surface area is 90.6 Å². The molecule has 1 rings (SSSR count). The third-order valence-corrected chi connectivity index (χ3v) is 2.30. The Balaban J connectivity index is 2.99. The summed E-state index contributed by atoms with van der Waals surface area (Å²) in [6.07, 6.45) is -0.0449. The van der Waals surface area contributed by atoms with Gasteiger partial charge in [0.2, 0.25) is 0 Å². The molecule has 0 aromatic carbocycles. The first-order valence-corrected chi connectivity index (χ1v) is 5.25. The first-order valence-electron chi connectivity index (χ1n) is 5.25. The van der Waals surface area contributed by atoms with Crippen LogP contribution in [0.3, 0.4) is 0 Å². The highest BCUT2D eigenvalue weighted by molar-refractivity contribution is 4.98. The van der Waals surface area contributed by atoms with Crippen LogP contribution in [0.4, 0.5) is 0 Å². The zero-order chi connectivity index (χ0) is 11.4. The second kappa shape index (κ2) is 5.23. The van der Waals surface area contributed by atoms with E-state index in [0.717, 1.165) is 18.2 Å². The molecule has 1 aromatic heterocycles. The van der Waals surface area contributed by atoms with Crippen LogP contribution in [0.25, 0.3) is 0 Å². The number of methoxy groups -OCH3 is 1. The predicted octanol–water partition coefficient (Wildman–Crippen LogP) is 1.10. The van der Waals surface area contributed by atoms with Crippen LogP contribution in [0, 0.1) is 5.92 Å². The molecular formula is C10H20N4O. The van der Waals surface area contributed by atoms with Gasteiger partial charge in [-0.1, -0.05) is 13.8 Å². The van der Waals surface area contributed by atoms with E-state index in [1.165, 1.54) is 0 Å². The number of hydrogen-bond donors (Lipinski definition) is 1. The molecule has 0 amide bonds. The maximum Gasteiger partial charge on any atom is 0.161 e. The van der Waals surface area contributed by atoms with Crippen LogP contribution >= 0.6 is 0 Å². The predicted molar refractivity (Wildman–Crippen MR) is 58.2 cm³/mol. The second-order valence-corrected chi connectivity index (χ2v) is 4.06. The fraction of sp³-hybridized carbons (Fsp3) is 0.800. The molecule has 5 heteroatoms. The Kier molecular flexibility index (Phi) is 4.23.